The molecular weight excluding hydrogens is 278 g/mol. The smallest absolute Gasteiger partial charge is 0.258 e. The topological polar surface area (TPSA) is 47.6 Å². The summed E-state index contributed by atoms with van der Waals surface area (Å²) in [7, 11) is 0. The highest BCUT2D eigenvalue weighted by Crippen LogP contribution is 2.26. The zero-order valence-electron chi connectivity index (χ0n) is 12.3. The fourth-order valence-corrected chi connectivity index (χ4v) is 2.57. The molecule has 1 amide bonds. The Hall–Kier alpha value is -2.33. The molecule has 1 N–H and O–H groups in total. The normalized spacial score (nSPS) is 16.6. The fourth-order valence-electron chi connectivity index (χ4n) is 2.57. The maximum atomic E-state index is 11.9. The minimum absolute atomic E-state index is 0.0123. The maximum absolute atomic E-state index is 11.9. The predicted molar refractivity (Wildman–Crippen MR) is 83.8 cm³/mol. The molecule has 1 heterocycles. The van der Waals surface area contributed by atoms with Gasteiger partial charge in [-0.1, -0.05) is 42.5 Å². The predicted octanol–water partition coefficient (Wildman–Crippen LogP) is 2.50. The molecule has 0 spiro atoms. The second-order valence-electron chi connectivity index (χ2n) is 5.21. The average molecular weight is 297 g/mol. The lowest BCUT2D eigenvalue weighted by Gasteiger charge is -2.26. The largest absolute Gasteiger partial charge is 0.484 e. The third-order valence-electron chi connectivity index (χ3n) is 3.69. The lowest BCUT2D eigenvalue weighted by Crippen LogP contribution is -2.34. The summed E-state index contributed by atoms with van der Waals surface area (Å²) < 4.78 is 11.2. The summed E-state index contributed by atoms with van der Waals surface area (Å²) in [6, 6.07) is 17.5. The number of fused-ring (bicyclic) bond motifs is 1. The van der Waals surface area contributed by atoms with Crippen molar-refractivity contribution in [2.45, 2.75) is 12.5 Å². The first kappa shape index (κ1) is 14.6. The summed E-state index contributed by atoms with van der Waals surface area (Å²) in [6.07, 6.45) is 0.850. The van der Waals surface area contributed by atoms with Crippen molar-refractivity contribution in [1.82, 2.24) is 5.32 Å². The molecule has 1 atom stereocenters. The van der Waals surface area contributed by atoms with Gasteiger partial charge in [0.25, 0.3) is 5.91 Å². The van der Waals surface area contributed by atoms with Crippen LogP contribution in [0.25, 0.3) is 0 Å². The van der Waals surface area contributed by atoms with Crippen LogP contribution >= 0.6 is 0 Å². The second-order valence-corrected chi connectivity index (χ2v) is 5.21. The number of hydrogen-bond acceptors (Lipinski definition) is 3. The zero-order chi connectivity index (χ0) is 15.2. The van der Waals surface area contributed by atoms with Gasteiger partial charge in [-0.2, -0.15) is 0 Å². The number of rotatable bonds is 5. The van der Waals surface area contributed by atoms with Crippen LogP contribution in [0, 0.1) is 0 Å². The van der Waals surface area contributed by atoms with Gasteiger partial charge in [0.1, 0.15) is 11.9 Å². The quantitative estimate of drug-likeness (QED) is 0.922. The third kappa shape index (κ3) is 3.65. The third-order valence-corrected chi connectivity index (χ3v) is 3.69. The van der Waals surface area contributed by atoms with Crippen LogP contribution in [0.4, 0.5) is 0 Å². The van der Waals surface area contributed by atoms with Crippen LogP contribution < -0.4 is 10.1 Å². The van der Waals surface area contributed by atoms with Crippen LogP contribution in [0.2, 0.25) is 0 Å². The van der Waals surface area contributed by atoms with E-state index in [0.717, 1.165) is 12.0 Å². The number of nitrogens with one attached hydrogen (secondary N) is 1. The molecule has 3 rings (SSSR count). The molecular formula is C18H19NO3. The van der Waals surface area contributed by atoms with Crippen molar-refractivity contribution in [3.63, 3.8) is 0 Å². The average Bonchev–Trinajstić information content (AvgIpc) is 2.59. The standard InChI is InChI=1S/C18H19NO3/c20-18(13-22-15-7-2-1-3-8-15)19-12-17-16-9-5-4-6-14(16)10-11-21-17/h1-9,17H,10-13H2,(H,19,20)/t17-/m0/s1. The van der Waals surface area contributed by atoms with E-state index in [9.17, 15) is 4.79 Å². The van der Waals surface area contributed by atoms with Crippen LogP contribution in [0.1, 0.15) is 17.2 Å². The molecule has 0 saturated carbocycles. The van der Waals surface area contributed by atoms with Crippen molar-refractivity contribution in [2.75, 3.05) is 19.8 Å². The van der Waals surface area contributed by atoms with Crippen molar-refractivity contribution in [1.29, 1.82) is 0 Å². The molecule has 0 bridgehead atoms. The first-order chi connectivity index (χ1) is 10.8. The van der Waals surface area contributed by atoms with E-state index in [4.69, 9.17) is 9.47 Å². The first-order valence-electron chi connectivity index (χ1n) is 7.47. The molecule has 2 aromatic rings. The molecule has 0 aliphatic carbocycles. The summed E-state index contributed by atoms with van der Waals surface area (Å²) in [4.78, 5) is 11.9. The highest BCUT2D eigenvalue weighted by Gasteiger charge is 2.20. The van der Waals surface area contributed by atoms with E-state index in [-0.39, 0.29) is 18.6 Å². The minimum atomic E-state index is -0.143. The van der Waals surface area contributed by atoms with Crippen molar-refractivity contribution >= 4 is 5.91 Å². The van der Waals surface area contributed by atoms with Gasteiger partial charge in [-0.05, 0) is 29.7 Å². The molecule has 0 saturated heterocycles. The van der Waals surface area contributed by atoms with Gasteiger partial charge >= 0.3 is 0 Å². The molecule has 1 aliphatic heterocycles. The Balaban J connectivity index is 1.50. The summed E-state index contributed by atoms with van der Waals surface area (Å²) in [5, 5.41) is 2.87. The molecule has 1 aliphatic rings. The SMILES string of the molecule is O=C(COc1ccccc1)NC[C@@H]1OCCc2ccccc21. The van der Waals surface area contributed by atoms with Crippen LogP contribution in [0.15, 0.2) is 54.6 Å². The summed E-state index contributed by atoms with van der Waals surface area (Å²) in [5.74, 6) is 0.549. The van der Waals surface area contributed by atoms with E-state index in [2.05, 4.69) is 17.4 Å². The van der Waals surface area contributed by atoms with E-state index in [1.54, 1.807) is 0 Å². The number of para-hydroxylation sites is 1. The van der Waals surface area contributed by atoms with Crippen molar-refractivity contribution < 1.29 is 14.3 Å². The number of amides is 1. The number of ether oxygens (including phenoxy) is 2. The molecule has 2 aromatic carbocycles. The molecule has 0 aromatic heterocycles. The lowest BCUT2D eigenvalue weighted by atomic mass is 9.97. The van der Waals surface area contributed by atoms with Crippen molar-refractivity contribution in [2.24, 2.45) is 0 Å². The summed E-state index contributed by atoms with van der Waals surface area (Å²) in [6.45, 7) is 1.17. The molecule has 4 nitrogen and oxygen atoms in total. The Morgan fingerprint density at radius 3 is 2.77 bits per heavy atom. The molecule has 0 radical (unpaired) electrons. The number of carbonyl (C=O) groups is 1. The van der Waals surface area contributed by atoms with E-state index < -0.39 is 0 Å². The van der Waals surface area contributed by atoms with Crippen molar-refractivity contribution in [3.05, 3.63) is 65.7 Å². The summed E-state index contributed by atoms with van der Waals surface area (Å²) >= 11 is 0. The lowest BCUT2D eigenvalue weighted by molar-refractivity contribution is -0.123. The van der Waals surface area contributed by atoms with Crippen LogP contribution in [0.3, 0.4) is 0 Å². The molecule has 0 fully saturated rings. The van der Waals surface area contributed by atoms with E-state index in [0.29, 0.717) is 18.9 Å². The van der Waals surface area contributed by atoms with Crippen LogP contribution in [-0.4, -0.2) is 25.7 Å². The van der Waals surface area contributed by atoms with Crippen molar-refractivity contribution in [3.8, 4) is 5.75 Å². The summed E-state index contributed by atoms with van der Waals surface area (Å²) in [5.41, 5.74) is 2.46. The van der Waals surface area contributed by atoms with Crippen LogP contribution in [-0.2, 0) is 16.0 Å². The monoisotopic (exact) mass is 297 g/mol. The second kappa shape index (κ2) is 7.09. The van der Waals surface area contributed by atoms with Gasteiger partial charge in [-0.25, -0.2) is 0 Å². The Labute approximate surface area is 130 Å². The Kier molecular flexibility index (Phi) is 4.71. The zero-order valence-corrected chi connectivity index (χ0v) is 12.3. The Morgan fingerprint density at radius 1 is 1.14 bits per heavy atom. The molecule has 22 heavy (non-hydrogen) atoms. The van der Waals surface area contributed by atoms with Gasteiger partial charge in [-0.15, -0.1) is 0 Å². The maximum Gasteiger partial charge on any atom is 0.258 e. The Morgan fingerprint density at radius 2 is 1.91 bits per heavy atom. The van der Waals surface area contributed by atoms with Crippen LogP contribution in [0.5, 0.6) is 5.75 Å². The van der Waals surface area contributed by atoms with Gasteiger partial charge in [0.15, 0.2) is 6.61 Å². The highest BCUT2D eigenvalue weighted by atomic mass is 16.5. The van der Waals surface area contributed by atoms with Gasteiger partial charge in [-0.3, -0.25) is 4.79 Å². The van der Waals surface area contributed by atoms with Gasteiger partial charge < -0.3 is 14.8 Å². The number of hydrogen-bond donors (Lipinski definition) is 1. The van der Waals surface area contributed by atoms with Gasteiger partial charge in [0, 0.05) is 6.54 Å². The first-order valence-corrected chi connectivity index (χ1v) is 7.47. The fraction of sp³-hybridized carbons (Fsp3) is 0.278. The molecule has 4 heteroatoms. The minimum Gasteiger partial charge on any atom is -0.484 e. The van der Waals surface area contributed by atoms with E-state index in [1.807, 2.05) is 42.5 Å². The van der Waals surface area contributed by atoms with Gasteiger partial charge in [0.2, 0.25) is 0 Å². The highest BCUT2D eigenvalue weighted by molar-refractivity contribution is 5.77. The van der Waals surface area contributed by atoms with E-state index in [1.165, 1.54) is 5.56 Å². The number of carbonyl (C=O) groups excluding carboxylic acids is 1. The van der Waals surface area contributed by atoms with E-state index >= 15 is 0 Å². The Bertz CT molecular complexity index is 627. The molecule has 0 unspecified atom stereocenters. The van der Waals surface area contributed by atoms with Gasteiger partial charge in [0.05, 0.1) is 6.61 Å². The molecule has 114 valence electrons. The number of benzene rings is 2.